The fourth-order valence-electron chi connectivity index (χ4n) is 2.22. The van der Waals surface area contributed by atoms with Crippen LogP contribution in [0.15, 0.2) is 60.8 Å². The lowest BCUT2D eigenvalue weighted by molar-refractivity contribution is 0.0994. The van der Waals surface area contributed by atoms with Crippen molar-refractivity contribution in [1.82, 2.24) is 4.98 Å². The summed E-state index contributed by atoms with van der Waals surface area (Å²) in [6.45, 7) is 0. The number of rotatable bonds is 3. The summed E-state index contributed by atoms with van der Waals surface area (Å²) in [6, 6.07) is 15.3. The van der Waals surface area contributed by atoms with Crippen LogP contribution in [-0.4, -0.2) is 10.8 Å². The molecule has 3 aromatic rings. The highest BCUT2D eigenvalue weighted by Crippen LogP contribution is 2.18. The van der Waals surface area contributed by atoms with Crippen molar-refractivity contribution in [2.45, 2.75) is 6.42 Å². The number of hydrogen-bond donors (Lipinski definition) is 0. The van der Waals surface area contributed by atoms with Gasteiger partial charge < -0.3 is 0 Å². The summed E-state index contributed by atoms with van der Waals surface area (Å²) in [7, 11) is 0. The Labute approximate surface area is 115 Å². The average Bonchev–Trinajstić information content (AvgIpc) is 2.49. The predicted octanol–water partition coefficient (Wildman–Crippen LogP) is 3.80. The zero-order chi connectivity index (χ0) is 13.9. The summed E-state index contributed by atoms with van der Waals surface area (Å²) < 4.78 is 12.9. The van der Waals surface area contributed by atoms with E-state index in [1.165, 1.54) is 12.1 Å². The lowest BCUT2D eigenvalue weighted by Gasteiger charge is -2.05. The third kappa shape index (κ3) is 2.43. The third-order valence-corrected chi connectivity index (χ3v) is 3.23. The van der Waals surface area contributed by atoms with E-state index in [-0.39, 0.29) is 18.0 Å². The molecule has 0 N–H and O–H groups in total. The van der Waals surface area contributed by atoms with Crippen molar-refractivity contribution in [3.63, 3.8) is 0 Å². The molecule has 2 nitrogen and oxygen atoms in total. The topological polar surface area (TPSA) is 30.0 Å². The Balaban J connectivity index is 1.94. The average molecular weight is 265 g/mol. The molecule has 2 aromatic carbocycles. The molecule has 1 heterocycles. The van der Waals surface area contributed by atoms with E-state index in [4.69, 9.17) is 0 Å². The number of hydrogen-bond acceptors (Lipinski definition) is 2. The van der Waals surface area contributed by atoms with Gasteiger partial charge in [-0.3, -0.25) is 9.78 Å². The minimum atomic E-state index is -0.296. The number of aromatic nitrogens is 1. The number of ketones is 1. The molecule has 20 heavy (non-hydrogen) atoms. The third-order valence-electron chi connectivity index (χ3n) is 3.23. The van der Waals surface area contributed by atoms with Crippen molar-refractivity contribution in [2.75, 3.05) is 0 Å². The van der Waals surface area contributed by atoms with Gasteiger partial charge in [0.25, 0.3) is 0 Å². The Morgan fingerprint density at radius 3 is 2.55 bits per heavy atom. The first kappa shape index (κ1) is 12.5. The summed E-state index contributed by atoms with van der Waals surface area (Å²) >= 11 is 0. The molecule has 0 aliphatic heterocycles. The summed E-state index contributed by atoms with van der Waals surface area (Å²) in [5.41, 5.74) is 2.26. The first-order valence-corrected chi connectivity index (χ1v) is 6.35. The molecule has 0 amide bonds. The number of pyridine rings is 1. The first-order chi connectivity index (χ1) is 9.74. The van der Waals surface area contributed by atoms with Gasteiger partial charge in [-0.15, -0.1) is 0 Å². The Morgan fingerprint density at radius 2 is 1.75 bits per heavy atom. The molecule has 1 aromatic heterocycles. The van der Waals surface area contributed by atoms with Crippen LogP contribution < -0.4 is 0 Å². The molecule has 0 atom stereocenters. The van der Waals surface area contributed by atoms with Crippen molar-refractivity contribution in [3.8, 4) is 0 Å². The summed E-state index contributed by atoms with van der Waals surface area (Å²) in [4.78, 5) is 16.6. The van der Waals surface area contributed by atoms with Crippen LogP contribution in [0.5, 0.6) is 0 Å². The molecule has 0 bridgehead atoms. The Bertz CT molecular complexity index is 760. The minimum absolute atomic E-state index is 0.00945. The smallest absolute Gasteiger partial charge is 0.167 e. The number of halogens is 1. The van der Waals surface area contributed by atoms with Crippen LogP contribution in [-0.2, 0) is 6.42 Å². The Morgan fingerprint density at radius 1 is 1.00 bits per heavy atom. The number of carbonyl (C=O) groups excluding carboxylic acids is 1. The normalized spacial score (nSPS) is 10.7. The van der Waals surface area contributed by atoms with Crippen molar-refractivity contribution < 1.29 is 9.18 Å². The maximum absolute atomic E-state index is 12.9. The molecule has 0 fully saturated rings. The summed E-state index contributed by atoms with van der Waals surface area (Å²) in [5, 5.41) is 0.849. The van der Waals surface area contributed by atoms with E-state index < -0.39 is 0 Å². The van der Waals surface area contributed by atoms with Gasteiger partial charge in [-0.05, 0) is 29.8 Å². The highest BCUT2D eigenvalue weighted by atomic mass is 19.1. The van der Waals surface area contributed by atoms with Crippen LogP contribution >= 0.6 is 0 Å². The van der Waals surface area contributed by atoms with Gasteiger partial charge >= 0.3 is 0 Å². The minimum Gasteiger partial charge on any atom is -0.294 e. The molecule has 0 spiro atoms. The molecule has 98 valence electrons. The fourth-order valence-corrected chi connectivity index (χ4v) is 2.22. The number of Topliss-reactive ketones (excluding diaryl/α,β-unsaturated/α-hetero) is 1. The van der Waals surface area contributed by atoms with Crippen molar-refractivity contribution in [3.05, 3.63) is 77.7 Å². The second kappa shape index (κ2) is 5.21. The zero-order valence-electron chi connectivity index (χ0n) is 10.7. The van der Waals surface area contributed by atoms with Gasteiger partial charge in [0.05, 0.1) is 5.52 Å². The molecular formula is C17H12FNO. The van der Waals surface area contributed by atoms with E-state index in [1.807, 2.05) is 24.3 Å². The number of carbonyl (C=O) groups is 1. The SMILES string of the molecule is O=C(Cc1ccc(F)cc1)c1ccnc2ccccc12. The largest absolute Gasteiger partial charge is 0.294 e. The molecule has 0 saturated carbocycles. The van der Waals surface area contributed by atoms with Gasteiger partial charge in [0, 0.05) is 23.6 Å². The molecule has 3 heteroatoms. The number of fused-ring (bicyclic) bond motifs is 1. The van der Waals surface area contributed by atoms with Gasteiger partial charge in [0.15, 0.2) is 5.78 Å². The molecule has 0 aliphatic carbocycles. The van der Waals surface area contributed by atoms with E-state index >= 15 is 0 Å². The molecule has 0 radical (unpaired) electrons. The molecule has 0 saturated heterocycles. The van der Waals surface area contributed by atoms with Crippen LogP contribution in [0.25, 0.3) is 10.9 Å². The predicted molar refractivity (Wildman–Crippen MR) is 76.2 cm³/mol. The van der Waals surface area contributed by atoms with Crippen LogP contribution in [0, 0.1) is 5.82 Å². The van der Waals surface area contributed by atoms with E-state index in [1.54, 1.807) is 24.4 Å². The van der Waals surface area contributed by atoms with Crippen LogP contribution in [0.4, 0.5) is 4.39 Å². The molecule has 0 unspecified atom stereocenters. The van der Waals surface area contributed by atoms with Crippen LogP contribution in [0.1, 0.15) is 15.9 Å². The lowest BCUT2D eigenvalue weighted by Crippen LogP contribution is -2.04. The number of para-hydroxylation sites is 1. The molecule has 3 rings (SSSR count). The van der Waals surface area contributed by atoms with Crippen LogP contribution in [0.2, 0.25) is 0 Å². The summed E-state index contributed by atoms with van der Waals surface area (Å²) in [5.74, 6) is -0.286. The highest BCUT2D eigenvalue weighted by molar-refractivity contribution is 6.07. The maximum Gasteiger partial charge on any atom is 0.167 e. The zero-order valence-corrected chi connectivity index (χ0v) is 10.7. The number of nitrogens with zero attached hydrogens (tertiary/aromatic N) is 1. The quantitative estimate of drug-likeness (QED) is 0.674. The van der Waals surface area contributed by atoms with Gasteiger partial charge in [0.1, 0.15) is 5.82 Å². The van der Waals surface area contributed by atoms with Crippen molar-refractivity contribution >= 4 is 16.7 Å². The van der Waals surface area contributed by atoms with E-state index in [9.17, 15) is 9.18 Å². The van der Waals surface area contributed by atoms with Gasteiger partial charge in [-0.2, -0.15) is 0 Å². The van der Waals surface area contributed by atoms with Gasteiger partial charge in [-0.25, -0.2) is 4.39 Å². The fraction of sp³-hybridized carbons (Fsp3) is 0.0588. The monoisotopic (exact) mass is 265 g/mol. The van der Waals surface area contributed by atoms with Gasteiger partial charge in [-0.1, -0.05) is 30.3 Å². The van der Waals surface area contributed by atoms with E-state index in [2.05, 4.69) is 4.98 Å². The van der Waals surface area contributed by atoms with Crippen molar-refractivity contribution in [1.29, 1.82) is 0 Å². The highest BCUT2D eigenvalue weighted by Gasteiger charge is 2.11. The first-order valence-electron chi connectivity index (χ1n) is 6.35. The second-order valence-electron chi connectivity index (χ2n) is 4.60. The van der Waals surface area contributed by atoms with E-state index in [0.29, 0.717) is 5.56 Å². The number of benzene rings is 2. The summed E-state index contributed by atoms with van der Waals surface area (Å²) in [6.07, 6.45) is 1.90. The van der Waals surface area contributed by atoms with Crippen LogP contribution in [0.3, 0.4) is 0 Å². The Kier molecular flexibility index (Phi) is 3.25. The van der Waals surface area contributed by atoms with Gasteiger partial charge in [0.2, 0.25) is 0 Å². The maximum atomic E-state index is 12.9. The standard InChI is InChI=1S/C17H12FNO/c18-13-7-5-12(6-8-13)11-17(20)15-9-10-19-16-4-2-1-3-14(15)16/h1-10H,11H2. The lowest BCUT2D eigenvalue weighted by atomic mass is 10.00. The molecule has 0 aliphatic rings. The second-order valence-corrected chi connectivity index (χ2v) is 4.60. The van der Waals surface area contributed by atoms with Crippen molar-refractivity contribution in [2.24, 2.45) is 0 Å². The molecular weight excluding hydrogens is 253 g/mol. The van der Waals surface area contributed by atoms with E-state index in [0.717, 1.165) is 16.5 Å². The Hall–Kier alpha value is -2.55.